The number of sulfone groups is 1. The van der Waals surface area contributed by atoms with Crippen molar-refractivity contribution in [3.63, 3.8) is 0 Å². The van der Waals surface area contributed by atoms with Gasteiger partial charge in [-0.25, -0.2) is 13.4 Å². The van der Waals surface area contributed by atoms with Crippen molar-refractivity contribution in [2.45, 2.75) is 50.5 Å². The Morgan fingerprint density at radius 1 is 1.33 bits per heavy atom. The maximum absolute atomic E-state index is 12.9. The Balaban J connectivity index is 2.06. The Hall–Kier alpha value is -0.660. The van der Waals surface area contributed by atoms with Crippen molar-refractivity contribution < 1.29 is 27.8 Å². The molecular formula is C18H30NO6PS. The van der Waals surface area contributed by atoms with Gasteiger partial charge in [0.15, 0.2) is 9.84 Å². The summed E-state index contributed by atoms with van der Waals surface area (Å²) in [6, 6.07) is 0. The van der Waals surface area contributed by atoms with E-state index >= 15 is 0 Å². The monoisotopic (exact) mass is 419 g/mol. The molecule has 0 aromatic rings. The van der Waals surface area contributed by atoms with Gasteiger partial charge in [-0.3, -0.25) is 4.79 Å². The number of aliphatic hydroxyl groups excluding tert-OH is 1. The number of aliphatic imine (C=N–C) groups is 1. The highest BCUT2D eigenvalue weighted by molar-refractivity contribution is 7.94. The lowest BCUT2D eigenvalue weighted by atomic mass is 9.93. The largest absolute Gasteiger partial charge is 0.394 e. The van der Waals surface area contributed by atoms with E-state index in [1.807, 2.05) is 19.9 Å². The van der Waals surface area contributed by atoms with Crippen LogP contribution in [-0.2, 0) is 24.1 Å². The number of hydrogen-bond acceptors (Lipinski definition) is 6. The van der Waals surface area contributed by atoms with Crippen molar-refractivity contribution in [1.82, 2.24) is 0 Å². The fraction of sp³-hybridized carbons (Fsp3) is 0.778. The average Bonchev–Trinajstić information content (AvgIpc) is 2.57. The number of amides is 1. The first kappa shape index (κ1) is 22.6. The van der Waals surface area contributed by atoms with E-state index in [-0.39, 0.29) is 27.2 Å². The van der Waals surface area contributed by atoms with Crippen LogP contribution in [0.3, 0.4) is 0 Å². The van der Waals surface area contributed by atoms with Gasteiger partial charge in [-0.2, -0.15) is 0 Å². The molecule has 0 aromatic heterocycles. The molecule has 0 radical (unpaired) electrons. The third-order valence-electron chi connectivity index (χ3n) is 5.03. The van der Waals surface area contributed by atoms with Gasteiger partial charge < -0.3 is 14.6 Å². The van der Waals surface area contributed by atoms with Gasteiger partial charge in [-0.15, -0.1) is 0 Å². The first-order valence-corrected chi connectivity index (χ1v) is 11.7. The molecule has 154 valence electrons. The summed E-state index contributed by atoms with van der Waals surface area (Å²) in [5.41, 5.74) is 0.416. The van der Waals surface area contributed by atoms with Gasteiger partial charge in [0.1, 0.15) is 4.75 Å². The summed E-state index contributed by atoms with van der Waals surface area (Å²) in [4.78, 5) is 16.7. The number of rotatable bonds is 8. The van der Waals surface area contributed by atoms with E-state index in [0.717, 1.165) is 5.31 Å². The molecule has 1 atom stereocenters. The molecule has 7 nitrogen and oxygen atoms in total. The van der Waals surface area contributed by atoms with E-state index < -0.39 is 25.7 Å². The molecule has 1 fully saturated rings. The Labute approximate surface area is 163 Å². The molecule has 1 unspecified atom stereocenters. The van der Waals surface area contributed by atoms with Crippen molar-refractivity contribution in [3.8, 4) is 0 Å². The smallest absolute Gasteiger partial charge is 0.267 e. The summed E-state index contributed by atoms with van der Waals surface area (Å²) in [7, 11) is -3.38. The Bertz CT molecular complexity index is 720. The average molecular weight is 419 g/mol. The molecule has 27 heavy (non-hydrogen) atoms. The van der Waals surface area contributed by atoms with E-state index in [1.165, 1.54) is 13.8 Å². The van der Waals surface area contributed by atoms with Crippen LogP contribution in [0.2, 0.25) is 0 Å². The zero-order chi connectivity index (χ0) is 20.3. The van der Waals surface area contributed by atoms with Crippen molar-refractivity contribution in [3.05, 3.63) is 11.4 Å². The first-order valence-electron chi connectivity index (χ1n) is 9.14. The second-order valence-corrected chi connectivity index (χ2v) is 12.1. The maximum atomic E-state index is 12.9. The third kappa shape index (κ3) is 5.04. The van der Waals surface area contributed by atoms with Gasteiger partial charge in [0.25, 0.3) is 5.91 Å². The fourth-order valence-corrected chi connectivity index (χ4v) is 5.91. The minimum Gasteiger partial charge on any atom is -0.394 e. The summed E-state index contributed by atoms with van der Waals surface area (Å²) < 4.78 is 34.9. The molecular weight excluding hydrogens is 389 g/mol. The third-order valence-corrected chi connectivity index (χ3v) is 9.58. The summed E-state index contributed by atoms with van der Waals surface area (Å²) in [6.45, 7) is 8.51. The topological polar surface area (TPSA) is 102 Å². The van der Waals surface area contributed by atoms with Crippen LogP contribution in [0, 0.1) is 5.41 Å². The van der Waals surface area contributed by atoms with Crippen molar-refractivity contribution in [1.29, 1.82) is 0 Å². The number of nitrogens with zero attached hydrogens (tertiary/aromatic N) is 1. The van der Waals surface area contributed by atoms with Crippen molar-refractivity contribution in [2.75, 3.05) is 33.0 Å². The highest BCUT2D eigenvalue weighted by atomic mass is 32.2. The van der Waals surface area contributed by atoms with E-state index in [9.17, 15) is 13.2 Å². The number of hydrogen-bond donors (Lipinski definition) is 1. The number of carbonyl (C=O) groups is 1. The lowest BCUT2D eigenvalue weighted by molar-refractivity contribution is -0.119. The predicted molar refractivity (Wildman–Crippen MR) is 107 cm³/mol. The SMILES string of the molecule is CC(C)(COCCO)C1=CC(=NC(=O)C(C)(C)S(=O)(=O)C2CCOCC2)P1. The summed E-state index contributed by atoms with van der Waals surface area (Å²) in [5.74, 6) is -0.610. The minimum absolute atomic E-state index is 0.0186. The van der Waals surface area contributed by atoms with Gasteiger partial charge in [0.05, 0.1) is 30.5 Å². The Kier molecular flexibility index (Phi) is 7.36. The van der Waals surface area contributed by atoms with E-state index in [1.54, 1.807) is 0 Å². The lowest BCUT2D eigenvalue weighted by Gasteiger charge is -2.33. The van der Waals surface area contributed by atoms with E-state index in [4.69, 9.17) is 14.6 Å². The molecule has 1 N–H and O–H groups in total. The molecule has 0 spiro atoms. The Morgan fingerprint density at radius 3 is 2.48 bits per heavy atom. The molecule has 2 heterocycles. The van der Waals surface area contributed by atoms with Gasteiger partial charge in [0, 0.05) is 18.6 Å². The van der Waals surface area contributed by atoms with Crippen LogP contribution in [0.1, 0.15) is 40.5 Å². The number of allylic oxidation sites excluding steroid dienone is 1. The molecule has 1 amide bonds. The van der Waals surface area contributed by atoms with Gasteiger partial charge in [0.2, 0.25) is 0 Å². The summed E-state index contributed by atoms with van der Waals surface area (Å²) >= 11 is 0. The van der Waals surface area contributed by atoms with Crippen LogP contribution in [0.15, 0.2) is 16.4 Å². The number of carbonyl (C=O) groups excluding carboxylic acids is 1. The summed E-state index contributed by atoms with van der Waals surface area (Å²) in [6.07, 6.45) is 2.68. The zero-order valence-corrected chi connectivity index (χ0v) is 18.3. The van der Waals surface area contributed by atoms with E-state index in [2.05, 4.69) is 4.99 Å². The molecule has 0 bridgehead atoms. The van der Waals surface area contributed by atoms with Crippen molar-refractivity contribution >= 4 is 29.8 Å². The van der Waals surface area contributed by atoms with E-state index in [0.29, 0.717) is 38.1 Å². The second-order valence-electron chi connectivity index (χ2n) is 8.01. The van der Waals surface area contributed by atoms with Crippen LogP contribution in [0.4, 0.5) is 0 Å². The molecule has 0 saturated carbocycles. The van der Waals surface area contributed by atoms with Crippen molar-refractivity contribution in [2.24, 2.45) is 10.4 Å². The lowest BCUT2D eigenvalue weighted by Crippen LogP contribution is -2.47. The molecule has 9 heteroatoms. The first-order chi connectivity index (χ1) is 12.5. The standard InChI is InChI=1S/C18H30NO6PS/c1-17(2,12-25-10-7-20)14-11-15(26-14)19-16(21)18(3,4)27(22,23)13-5-8-24-9-6-13/h11,13,20,26H,5-10,12H2,1-4H3. The van der Waals surface area contributed by atoms with Gasteiger partial charge >= 0.3 is 0 Å². The highest BCUT2D eigenvalue weighted by Gasteiger charge is 2.47. The fourth-order valence-electron chi connectivity index (χ4n) is 2.93. The van der Waals surface area contributed by atoms with Crippen LogP contribution < -0.4 is 0 Å². The molecule has 2 rings (SSSR count). The molecule has 0 aromatic carbocycles. The molecule has 2 aliphatic heterocycles. The second kappa shape index (κ2) is 8.78. The van der Waals surface area contributed by atoms with Crippen LogP contribution in [0.5, 0.6) is 0 Å². The van der Waals surface area contributed by atoms with Gasteiger partial charge in [-0.1, -0.05) is 13.8 Å². The number of ether oxygens (including phenoxy) is 2. The molecule has 2 aliphatic rings. The molecule has 1 saturated heterocycles. The minimum atomic E-state index is -3.65. The normalized spacial score (nSPS) is 22.0. The van der Waals surface area contributed by atoms with Crippen LogP contribution in [-0.4, -0.2) is 67.9 Å². The maximum Gasteiger partial charge on any atom is 0.267 e. The van der Waals surface area contributed by atoms with Gasteiger partial charge in [-0.05, 0) is 46.7 Å². The summed E-state index contributed by atoms with van der Waals surface area (Å²) in [5, 5.41) is 9.37. The zero-order valence-electron chi connectivity index (χ0n) is 16.4. The molecule has 0 aliphatic carbocycles. The predicted octanol–water partition coefficient (Wildman–Crippen LogP) is 1.90. The quantitative estimate of drug-likeness (QED) is 0.476. The highest BCUT2D eigenvalue weighted by Crippen LogP contribution is 2.48. The Morgan fingerprint density at radius 2 is 1.93 bits per heavy atom. The number of aliphatic hydroxyl groups is 1. The van der Waals surface area contributed by atoms with Crippen LogP contribution in [0.25, 0.3) is 0 Å². The van der Waals surface area contributed by atoms with Crippen LogP contribution >= 0.6 is 8.58 Å².